The molecule has 0 fully saturated rings. The van der Waals surface area contributed by atoms with Crippen molar-refractivity contribution in [2.75, 3.05) is 6.61 Å². The summed E-state index contributed by atoms with van der Waals surface area (Å²) in [6.07, 6.45) is 4.25. The van der Waals surface area contributed by atoms with E-state index >= 15 is 0 Å². The number of carbonyl (C=O) groups excluding carboxylic acids is 1. The Labute approximate surface area is 68.9 Å². The fraction of sp³-hybridized carbons (Fsp3) is 0.778. The van der Waals surface area contributed by atoms with E-state index in [4.69, 9.17) is 4.74 Å². The third-order valence-electron chi connectivity index (χ3n) is 1.39. The highest BCUT2D eigenvalue weighted by Gasteiger charge is 1.99. The Hall–Kier alpha value is -0.530. The Morgan fingerprint density at radius 1 is 1.45 bits per heavy atom. The van der Waals surface area contributed by atoms with Crippen molar-refractivity contribution in [1.82, 2.24) is 0 Å². The van der Waals surface area contributed by atoms with Gasteiger partial charge in [0.1, 0.15) is 0 Å². The molecule has 0 atom stereocenters. The molecule has 0 aliphatic rings. The molecule has 1 radical (unpaired) electrons. The first-order chi connectivity index (χ1) is 5.31. The summed E-state index contributed by atoms with van der Waals surface area (Å²) >= 11 is 0. The molecule has 0 saturated carbocycles. The zero-order valence-corrected chi connectivity index (χ0v) is 7.27. The van der Waals surface area contributed by atoms with Crippen LogP contribution in [-0.4, -0.2) is 12.6 Å². The molecule has 0 rings (SSSR count). The Balaban J connectivity index is 3.09. The van der Waals surface area contributed by atoms with Crippen molar-refractivity contribution in [3.63, 3.8) is 0 Å². The molecule has 0 unspecified atom stereocenters. The summed E-state index contributed by atoms with van der Waals surface area (Å²) in [7, 11) is 0. The predicted molar refractivity (Wildman–Crippen MR) is 45.1 cm³/mol. The highest BCUT2D eigenvalue weighted by molar-refractivity contribution is 5.69. The van der Waals surface area contributed by atoms with Crippen molar-refractivity contribution in [1.29, 1.82) is 0 Å². The van der Waals surface area contributed by atoms with Crippen LogP contribution in [0, 0.1) is 6.92 Å². The van der Waals surface area contributed by atoms with Gasteiger partial charge in [-0.15, -0.1) is 0 Å². The van der Waals surface area contributed by atoms with Crippen molar-refractivity contribution in [3.8, 4) is 0 Å². The summed E-state index contributed by atoms with van der Waals surface area (Å²) in [5, 5.41) is 0. The molecule has 0 aromatic rings. The molecule has 0 aromatic carbocycles. The Morgan fingerprint density at radius 2 is 2.18 bits per heavy atom. The van der Waals surface area contributed by atoms with Gasteiger partial charge in [0.25, 0.3) is 0 Å². The van der Waals surface area contributed by atoms with Crippen LogP contribution in [0.2, 0.25) is 0 Å². The molecule has 0 aliphatic carbocycles. The van der Waals surface area contributed by atoms with E-state index < -0.39 is 0 Å². The second kappa shape index (κ2) is 7.58. The lowest BCUT2D eigenvalue weighted by Crippen LogP contribution is -2.04. The average Bonchev–Trinajstić information content (AvgIpc) is 2.01. The molecule has 0 aliphatic heterocycles. The lowest BCUT2D eigenvalue weighted by Gasteiger charge is -2.01. The summed E-state index contributed by atoms with van der Waals surface area (Å²) in [6.45, 7) is 6.25. The topological polar surface area (TPSA) is 26.3 Å². The number of carbonyl (C=O) groups is 1. The third kappa shape index (κ3) is 7.37. The van der Waals surface area contributed by atoms with Crippen LogP contribution in [0.25, 0.3) is 0 Å². The van der Waals surface area contributed by atoms with E-state index in [0.717, 1.165) is 25.7 Å². The molecule has 0 bridgehead atoms. The summed E-state index contributed by atoms with van der Waals surface area (Å²) in [5.74, 6) is -0.0692. The van der Waals surface area contributed by atoms with E-state index in [-0.39, 0.29) is 5.97 Å². The van der Waals surface area contributed by atoms with Crippen molar-refractivity contribution in [2.45, 2.75) is 39.0 Å². The number of rotatable bonds is 6. The monoisotopic (exact) mass is 157 g/mol. The maximum absolute atomic E-state index is 10.8. The highest BCUT2D eigenvalue weighted by atomic mass is 16.5. The first-order valence-electron chi connectivity index (χ1n) is 4.26. The number of ether oxygens (including phenoxy) is 1. The first-order valence-corrected chi connectivity index (χ1v) is 4.26. The zero-order chi connectivity index (χ0) is 8.53. The molecule has 11 heavy (non-hydrogen) atoms. The summed E-state index contributed by atoms with van der Waals surface area (Å²) in [6, 6.07) is 0. The standard InChI is InChI=1S/C9H17O2/c1-3-5-7-9(10)11-8-6-4-2/h2-8H2,1H3. The molecule has 0 N–H and O–H groups in total. The molecule has 0 aromatic heterocycles. The van der Waals surface area contributed by atoms with E-state index in [9.17, 15) is 4.79 Å². The van der Waals surface area contributed by atoms with Gasteiger partial charge in [0.15, 0.2) is 0 Å². The predicted octanol–water partition coefficient (Wildman–Crippen LogP) is 2.33. The van der Waals surface area contributed by atoms with E-state index in [0.29, 0.717) is 13.0 Å². The van der Waals surface area contributed by atoms with Crippen LogP contribution in [0.15, 0.2) is 0 Å². The van der Waals surface area contributed by atoms with Crippen LogP contribution in [-0.2, 0) is 9.53 Å². The molecule has 0 spiro atoms. The minimum absolute atomic E-state index is 0.0692. The van der Waals surface area contributed by atoms with Crippen molar-refractivity contribution in [3.05, 3.63) is 6.92 Å². The molecule has 2 nitrogen and oxygen atoms in total. The van der Waals surface area contributed by atoms with Gasteiger partial charge in [-0.05, 0) is 12.8 Å². The number of hydrogen-bond donors (Lipinski definition) is 0. The Bertz CT molecular complexity index is 99.7. The van der Waals surface area contributed by atoms with Crippen molar-refractivity contribution in [2.24, 2.45) is 0 Å². The molecular weight excluding hydrogens is 140 g/mol. The van der Waals surface area contributed by atoms with Gasteiger partial charge < -0.3 is 4.74 Å². The van der Waals surface area contributed by atoms with Gasteiger partial charge in [0, 0.05) is 6.42 Å². The third-order valence-corrected chi connectivity index (χ3v) is 1.39. The summed E-state index contributed by atoms with van der Waals surface area (Å²) in [5.41, 5.74) is 0. The lowest BCUT2D eigenvalue weighted by atomic mass is 10.2. The fourth-order valence-electron chi connectivity index (χ4n) is 0.681. The normalized spacial score (nSPS) is 9.64. The molecule has 0 heterocycles. The van der Waals surface area contributed by atoms with Crippen LogP contribution >= 0.6 is 0 Å². The van der Waals surface area contributed by atoms with Crippen LogP contribution in [0.4, 0.5) is 0 Å². The summed E-state index contributed by atoms with van der Waals surface area (Å²) in [4.78, 5) is 10.8. The van der Waals surface area contributed by atoms with E-state index in [1.807, 2.05) is 0 Å². The fourth-order valence-corrected chi connectivity index (χ4v) is 0.681. The second-order valence-electron chi connectivity index (χ2n) is 2.53. The smallest absolute Gasteiger partial charge is 0.305 e. The average molecular weight is 157 g/mol. The SMILES string of the molecule is [CH2]CCCOC(=O)CCCC. The van der Waals surface area contributed by atoms with Crippen LogP contribution < -0.4 is 0 Å². The molecule has 0 amide bonds. The maximum atomic E-state index is 10.8. The van der Waals surface area contributed by atoms with Gasteiger partial charge in [0.2, 0.25) is 0 Å². The lowest BCUT2D eigenvalue weighted by molar-refractivity contribution is -0.143. The number of hydrogen-bond acceptors (Lipinski definition) is 2. The minimum atomic E-state index is -0.0692. The Morgan fingerprint density at radius 3 is 2.73 bits per heavy atom. The minimum Gasteiger partial charge on any atom is -0.466 e. The first kappa shape index (κ1) is 10.5. The van der Waals surface area contributed by atoms with Crippen LogP contribution in [0.3, 0.4) is 0 Å². The van der Waals surface area contributed by atoms with Crippen molar-refractivity contribution < 1.29 is 9.53 Å². The van der Waals surface area contributed by atoms with Crippen LogP contribution in [0.1, 0.15) is 39.0 Å². The summed E-state index contributed by atoms with van der Waals surface area (Å²) < 4.78 is 4.91. The maximum Gasteiger partial charge on any atom is 0.305 e. The molecular formula is C9H17O2. The van der Waals surface area contributed by atoms with Crippen LogP contribution in [0.5, 0.6) is 0 Å². The quantitative estimate of drug-likeness (QED) is 0.437. The molecule has 65 valence electrons. The van der Waals surface area contributed by atoms with E-state index in [1.54, 1.807) is 0 Å². The molecule has 0 saturated heterocycles. The van der Waals surface area contributed by atoms with Gasteiger partial charge >= 0.3 is 5.97 Å². The van der Waals surface area contributed by atoms with Gasteiger partial charge in [-0.25, -0.2) is 0 Å². The molecule has 2 heteroatoms. The van der Waals surface area contributed by atoms with E-state index in [1.165, 1.54) is 0 Å². The van der Waals surface area contributed by atoms with Gasteiger partial charge in [-0.1, -0.05) is 26.7 Å². The van der Waals surface area contributed by atoms with Gasteiger partial charge in [-0.3, -0.25) is 4.79 Å². The van der Waals surface area contributed by atoms with Gasteiger partial charge in [-0.2, -0.15) is 0 Å². The number of unbranched alkanes of at least 4 members (excludes halogenated alkanes) is 2. The van der Waals surface area contributed by atoms with E-state index in [2.05, 4.69) is 13.8 Å². The second-order valence-corrected chi connectivity index (χ2v) is 2.53. The highest BCUT2D eigenvalue weighted by Crippen LogP contribution is 1.97. The Kier molecular flexibility index (Phi) is 7.21. The number of esters is 1. The largest absolute Gasteiger partial charge is 0.466 e. The van der Waals surface area contributed by atoms with Crippen molar-refractivity contribution >= 4 is 5.97 Å². The van der Waals surface area contributed by atoms with Gasteiger partial charge in [0.05, 0.1) is 6.61 Å². The zero-order valence-electron chi connectivity index (χ0n) is 7.27.